The van der Waals surface area contributed by atoms with E-state index in [1.165, 1.54) is 36.0 Å². The van der Waals surface area contributed by atoms with Crippen molar-refractivity contribution in [2.24, 2.45) is 0 Å². The smallest absolute Gasteiger partial charge is 0.137 e. The Bertz CT molecular complexity index is 804. The summed E-state index contributed by atoms with van der Waals surface area (Å²) in [7, 11) is 0. The first-order valence-electron chi connectivity index (χ1n) is 10.0. The van der Waals surface area contributed by atoms with Gasteiger partial charge in [0.25, 0.3) is 0 Å². The third kappa shape index (κ3) is 5.68. The zero-order chi connectivity index (χ0) is 18.9. The summed E-state index contributed by atoms with van der Waals surface area (Å²) < 4.78 is 5.45. The van der Waals surface area contributed by atoms with Crippen LogP contribution in [0, 0.1) is 0 Å². The van der Waals surface area contributed by atoms with E-state index in [1.807, 2.05) is 19.1 Å². The summed E-state index contributed by atoms with van der Waals surface area (Å²) in [5.74, 6) is 0.818. The summed E-state index contributed by atoms with van der Waals surface area (Å²) in [4.78, 5) is 4.50. The third-order valence-corrected chi connectivity index (χ3v) is 4.84. The normalized spacial score (nSPS) is 10.7. The molecule has 0 aliphatic carbocycles. The molecule has 2 aromatic carbocycles. The lowest BCUT2D eigenvalue weighted by Gasteiger charge is -2.07. The van der Waals surface area contributed by atoms with Crippen LogP contribution in [0.1, 0.15) is 43.4 Å². The van der Waals surface area contributed by atoms with Gasteiger partial charge in [0.2, 0.25) is 0 Å². The summed E-state index contributed by atoms with van der Waals surface area (Å²) in [5.41, 5.74) is 6.34. The fraction of sp³-hybridized carbons (Fsp3) is 0.320. The molecule has 1 aromatic heterocycles. The highest BCUT2D eigenvalue weighted by Gasteiger charge is 2.02. The molecular formula is C25H29NO. The van der Waals surface area contributed by atoms with Crippen LogP contribution in [0.5, 0.6) is 5.75 Å². The van der Waals surface area contributed by atoms with Crippen LogP contribution in [-0.2, 0) is 19.3 Å². The Hall–Kier alpha value is -2.61. The lowest BCUT2D eigenvalue weighted by atomic mass is 10.0. The van der Waals surface area contributed by atoms with E-state index in [4.69, 9.17) is 4.74 Å². The number of ether oxygens (including phenoxy) is 1. The molecule has 3 rings (SSSR count). The molecule has 0 amide bonds. The monoisotopic (exact) mass is 359 g/mol. The minimum absolute atomic E-state index is 0.664. The first kappa shape index (κ1) is 19.2. The predicted molar refractivity (Wildman–Crippen MR) is 113 cm³/mol. The molecular weight excluding hydrogens is 330 g/mol. The standard InChI is InChI=1S/C25H29NO/c1-3-5-6-20-7-9-21(10-8-20)11-12-22-13-15-23(16-14-22)25-18-17-24(19-26-25)27-4-2/h7-10,13-19H,3-6,11-12H2,1-2H3. The van der Waals surface area contributed by atoms with Crippen molar-refractivity contribution >= 4 is 0 Å². The van der Waals surface area contributed by atoms with E-state index >= 15 is 0 Å². The zero-order valence-corrected chi connectivity index (χ0v) is 16.4. The maximum Gasteiger partial charge on any atom is 0.137 e. The number of hydrogen-bond donors (Lipinski definition) is 0. The number of pyridine rings is 1. The summed E-state index contributed by atoms with van der Waals surface area (Å²) in [6, 6.07) is 21.9. The van der Waals surface area contributed by atoms with Gasteiger partial charge in [-0.3, -0.25) is 4.98 Å². The molecule has 2 nitrogen and oxygen atoms in total. The van der Waals surface area contributed by atoms with Crippen molar-refractivity contribution in [3.8, 4) is 17.0 Å². The van der Waals surface area contributed by atoms with Gasteiger partial charge < -0.3 is 4.74 Å². The topological polar surface area (TPSA) is 22.1 Å². The van der Waals surface area contributed by atoms with Gasteiger partial charge in [-0.1, -0.05) is 61.9 Å². The number of hydrogen-bond acceptors (Lipinski definition) is 2. The average molecular weight is 360 g/mol. The van der Waals surface area contributed by atoms with Gasteiger partial charge in [0, 0.05) is 5.56 Å². The first-order valence-corrected chi connectivity index (χ1v) is 10.0. The van der Waals surface area contributed by atoms with Gasteiger partial charge in [-0.05, 0) is 61.4 Å². The second kappa shape index (κ2) is 9.91. The summed E-state index contributed by atoms with van der Waals surface area (Å²) in [5, 5.41) is 0. The number of benzene rings is 2. The molecule has 0 fully saturated rings. The van der Waals surface area contributed by atoms with Crippen molar-refractivity contribution in [1.29, 1.82) is 0 Å². The van der Waals surface area contributed by atoms with E-state index in [9.17, 15) is 0 Å². The SMILES string of the molecule is CCCCc1ccc(CCc2ccc(-c3ccc(OCC)cn3)cc2)cc1. The van der Waals surface area contributed by atoms with Gasteiger partial charge in [-0.25, -0.2) is 0 Å². The maximum atomic E-state index is 5.45. The van der Waals surface area contributed by atoms with E-state index < -0.39 is 0 Å². The Kier molecular flexibility index (Phi) is 7.04. The van der Waals surface area contributed by atoms with Gasteiger partial charge >= 0.3 is 0 Å². The quantitative estimate of drug-likeness (QED) is 0.449. The molecule has 2 heteroatoms. The number of rotatable bonds is 9. The molecule has 0 radical (unpaired) electrons. The molecule has 0 atom stereocenters. The van der Waals surface area contributed by atoms with E-state index in [-0.39, 0.29) is 0 Å². The van der Waals surface area contributed by atoms with E-state index in [2.05, 4.69) is 60.4 Å². The lowest BCUT2D eigenvalue weighted by Crippen LogP contribution is -1.94. The molecule has 0 bridgehead atoms. The highest BCUT2D eigenvalue weighted by molar-refractivity contribution is 5.59. The molecule has 0 aliphatic heterocycles. The third-order valence-electron chi connectivity index (χ3n) is 4.84. The molecule has 140 valence electrons. The van der Waals surface area contributed by atoms with Gasteiger partial charge in [-0.15, -0.1) is 0 Å². The lowest BCUT2D eigenvalue weighted by molar-refractivity contribution is 0.339. The summed E-state index contributed by atoms with van der Waals surface area (Å²) in [6.45, 7) is 4.89. The number of unbranched alkanes of at least 4 members (excludes halogenated alkanes) is 1. The molecule has 0 saturated carbocycles. The minimum Gasteiger partial charge on any atom is -0.492 e. The van der Waals surface area contributed by atoms with Crippen molar-refractivity contribution in [3.05, 3.63) is 83.6 Å². The molecule has 0 spiro atoms. The molecule has 0 unspecified atom stereocenters. The summed E-state index contributed by atoms with van der Waals surface area (Å²) >= 11 is 0. The van der Waals surface area contributed by atoms with E-state index in [0.29, 0.717) is 6.61 Å². The average Bonchev–Trinajstić information content (AvgIpc) is 2.73. The fourth-order valence-corrected chi connectivity index (χ4v) is 3.19. The highest BCUT2D eigenvalue weighted by Crippen LogP contribution is 2.21. The van der Waals surface area contributed by atoms with Crippen molar-refractivity contribution in [1.82, 2.24) is 4.98 Å². The Labute approximate surface area is 163 Å². The highest BCUT2D eigenvalue weighted by atomic mass is 16.5. The zero-order valence-electron chi connectivity index (χ0n) is 16.4. The maximum absolute atomic E-state index is 5.45. The molecule has 0 saturated heterocycles. The van der Waals surface area contributed by atoms with Crippen LogP contribution >= 0.6 is 0 Å². The van der Waals surface area contributed by atoms with Crippen molar-refractivity contribution < 1.29 is 4.74 Å². The van der Waals surface area contributed by atoms with Crippen LogP contribution in [0.15, 0.2) is 66.9 Å². The number of aromatic nitrogens is 1. The van der Waals surface area contributed by atoms with Crippen LogP contribution < -0.4 is 4.74 Å². The van der Waals surface area contributed by atoms with Crippen molar-refractivity contribution in [2.45, 2.75) is 46.0 Å². The van der Waals surface area contributed by atoms with E-state index in [0.717, 1.165) is 29.8 Å². The molecule has 3 aromatic rings. The Balaban J connectivity index is 1.55. The van der Waals surface area contributed by atoms with Crippen LogP contribution in [0.3, 0.4) is 0 Å². The van der Waals surface area contributed by atoms with Crippen LogP contribution in [0.4, 0.5) is 0 Å². The van der Waals surface area contributed by atoms with E-state index in [1.54, 1.807) is 6.20 Å². The van der Waals surface area contributed by atoms with Gasteiger partial charge in [0.15, 0.2) is 0 Å². The summed E-state index contributed by atoms with van der Waals surface area (Å²) in [6.07, 6.45) is 7.65. The van der Waals surface area contributed by atoms with Crippen molar-refractivity contribution in [3.63, 3.8) is 0 Å². The van der Waals surface area contributed by atoms with Crippen molar-refractivity contribution in [2.75, 3.05) is 6.61 Å². The van der Waals surface area contributed by atoms with Crippen LogP contribution in [-0.4, -0.2) is 11.6 Å². The van der Waals surface area contributed by atoms with Gasteiger partial charge in [-0.2, -0.15) is 0 Å². The second-order valence-corrected chi connectivity index (χ2v) is 6.93. The van der Waals surface area contributed by atoms with Crippen LogP contribution in [0.25, 0.3) is 11.3 Å². The Morgan fingerprint density at radius 3 is 1.81 bits per heavy atom. The second-order valence-electron chi connectivity index (χ2n) is 6.93. The molecule has 0 N–H and O–H groups in total. The Morgan fingerprint density at radius 2 is 1.30 bits per heavy atom. The number of nitrogens with zero attached hydrogens (tertiary/aromatic N) is 1. The molecule has 27 heavy (non-hydrogen) atoms. The fourth-order valence-electron chi connectivity index (χ4n) is 3.19. The Morgan fingerprint density at radius 1 is 0.704 bits per heavy atom. The minimum atomic E-state index is 0.664. The number of aryl methyl sites for hydroxylation is 3. The molecule has 1 heterocycles. The first-order chi connectivity index (χ1) is 13.3. The van der Waals surface area contributed by atoms with Gasteiger partial charge in [0.05, 0.1) is 18.5 Å². The predicted octanol–water partition coefficient (Wildman–Crippen LogP) is 6.28. The van der Waals surface area contributed by atoms with Crippen LogP contribution in [0.2, 0.25) is 0 Å². The molecule has 0 aliphatic rings. The largest absolute Gasteiger partial charge is 0.492 e. The van der Waals surface area contributed by atoms with Gasteiger partial charge in [0.1, 0.15) is 5.75 Å².